The maximum atomic E-state index is 12.9. The van der Waals surface area contributed by atoms with Crippen LogP contribution in [0, 0.1) is 0 Å². The number of hydrogen-bond acceptors (Lipinski definition) is 3. The normalized spacial score (nSPS) is 19.3. The molecule has 24 heavy (non-hydrogen) atoms. The van der Waals surface area contributed by atoms with Gasteiger partial charge in [0.2, 0.25) is 0 Å². The van der Waals surface area contributed by atoms with Crippen LogP contribution < -0.4 is 9.47 Å². The van der Waals surface area contributed by atoms with Crippen molar-refractivity contribution < 1.29 is 14.3 Å². The van der Waals surface area contributed by atoms with Gasteiger partial charge >= 0.3 is 0 Å². The SMILES string of the molecule is COc1ccc(/C=C2\CCC[C@@H](c3ccccc3)C2=O)cc1OC. The van der Waals surface area contributed by atoms with Gasteiger partial charge in [-0.2, -0.15) is 0 Å². The van der Waals surface area contributed by atoms with Crippen LogP contribution in [0.2, 0.25) is 0 Å². The molecule has 0 unspecified atom stereocenters. The van der Waals surface area contributed by atoms with Crippen LogP contribution in [0.1, 0.15) is 36.3 Å². The number of carbonyl (C=O) groups is 1. The summed E-state index contributed by atoms with van der Waals surface area (Å²) in [4.78, 5) is 12.9. The predicted molar refractivity (Wildman–Crippen MR) is 95.6 cm³/mol. The van der Waals surface area contributed by atoms with Gasteiger partial charge in [-0.1, -0.05) is 36.4 Å². The van der Waals surface area contributed by atoms with Gasteiger partial charge in [0.05, 0.1) is 14.2 Å². The van der Waals surface area contributed by atoms with Crippen molar-refractivity contribution in [1.82, 2.24) is 0 Å². The zero-order valence-electron chi connectivity index (χ0n) is 14.1. The fourth-order valence-electron chi connectivity index (χ4n) is 3.27. The maximum absolute atomic E-state index is 12.9. The Hall–Kier alpha value is -2.55. The molecule has 2 aromatic carbocycles. The number of Topliss-reactive ketones (excluding diaryl/α,β-unsaturated/α-hetero) is 1. The van der Waals surface area contributed by atoms with Crippen LogP contribution in [0.15, 0.2) is 54.1 Å². The number of hydrogen-bond donors (Lipinski definition) is 0. The van der Waals surface area contributed by atoms with E-state index in [9.17, 15) is 4.79 Å². The van der Waals surface area contributed by atoms with Crippen LogP contribution >= 0.6 is 0 Å². The van der Waals surface area contributed by atoms with Crippen molar-refractivity contribution in [3.05, 3.63) is 65.2 Å². The van der Waals surface area contributed by atoms with Gasteiger partial charge in [-0.15, -0.1) is 0 Å². The minimum absolute atomic E-state index is 0.0219. The lowest BCUT2D eigenvalue weighted by atomic mass is 9.79. The van der Waals surface area contributed by atoms with Crippen LogP contribution in [0.5, 0.6) is 11.5 Å². The van der Waals surface area contributed by atoms with Crippen molar-refractivity contribution in [2.45, 2.75) is 25.2 Å². The average Bonchev–Trinajstić information content (AvgIpc) is 2.64. The number of ketones is 1. The molecular weight excluding hydrogens is 300 g/mol. The minimum atomic E-state index is -0.0219. The second-order valence-electron chi connectivity index (χ2n) is 6.00. The fourth-order valence-corrected chi connectivity index (χ4v) is 3.27. The number of benzene rings is 2. The first-order chi connectivity index (χ1) is 11.7. The summed E-state index contributed by atoms with van der Waals surface area (Å²) in [5, 5.41) is 0. The molecule has 1 aliphatic carbocycles. The van der Waals surface area contributed by atoms with Gasteiger partial charge < -0.3 is 9.47 Å². The summed E-state index contributed by atoms with van der Waals surface area (Å²) in [6, 6.07) is 15.8. The summed E-state index contributed by atoms with van der Waals surface area (Å²) >= 11 is 0. The van der Waals surface area contributed by atoms with E-state index in [4.69, 9.17) is 9.47 Å². The molecule has 0 aliphatic heterocycles. The minimum Gasteiger partial charge on any atom is -0.493 e. The Kier molecular flexibility index (Phi) is 4.99. The third kappa shape index (κ3) is 3.35. The van der Waals surface area contributed by atoms with Crippen molar-refractivity contribution >= 4 is 11.9 Å². The first-order valence-electron chi connectivity index (χ1n) is 8.24. The Bertz CT molecular complexity index is 747. The van der Waals surface area contributed by atoms with Crippen molar-refractivity contribution in [2.24, 2.45) is 0 Å². The molecule has 0 spiro atoms. The molecule has 0 bridgehead atoms. The second kappa shape index (κ2) is 7.35. The van der Waals surface area contributed by atoms with Crippen molar-refractivity contribution in [2.75, 3.05) is 14.2 Å². The molecule has 3 rings (SSSR count). The summed E-state index contributed by atoms with van der Waals surface area (Å²) in [7, 11) is 3.23. The molecule has 0 amide bonds. The number of carbonyl (C=O) groups excluding carboxylic acids is 1. The van der Waals surface area contributed by atoms with E-state index in [0.717, 1.165) is 36.0 Å². The summed E-state index contributed by atoms with van der Waals surface area (Å²) < 4.78 is 10.6. The lowest BCUT2D eigenvalue weighted by Crippen LogP contribution is -2.19. The van der Waals surface area contributed by atoms with Gasteiger partial charge in [-0.25, -0.2) is 0 Å². The van der Waals surface area contributed by atoms with E-state index in [1.54, 1.807) is 14.2 Å². The average molecular weight is 322 g/mol. The molecule has 0 radical (unpaired) electrons. The van der Waals surface area contributed by atoms with Gasteiger partial charge in [0.15, 0.2) is 17.3 Å². The molecule has 1 fully saturated rings. The molecule has 1 saturated carbocycles. The van der Waals surface area contributed by atoms with E-state index in [2.05, 4.69) is 0 Å². The highest BCUT2D eigenvalue weighted by Gasteiger charge is 2.27. The lowest BCUT2D eigenvalue weighted by Gasteiger charge is -2.23. The first-order valence-corrected chi connectivity index (χ1v) is 8.24. The molecule has 0 heterocycles. The molecule has 0 aromatic heterocycles. The van der Waals surface area contributed by atoms with Crippen molar-refractivity contribution in [1.29, 1.82) is 0 Å². The molecule has 3 heteroatoms. The highest BCUT2D eigenvalue weighted by molar-refractivity contribution is 6.04. The van der Waals surface area contributed by atoms with Gasteiger partial charge in [0.1, 0.15) is 0 Å². The Balaban J connectivity index is 1.88. The number of methoxy groups -OCH3 is 2. The number of ether oxygens (including phenoxy) is 2. The summed E-state index contributed by atoms with van der Waals surface area (Å²) in [6.45, 7) is 0. The quantitative estimate of drug-likeness (QED) is 0.770. The fraction of sp³-hybridized carbons (Fsp3) is 0.286. The van der Waals surface area contributed by atoms with Crippen LogP contribution in [0.3, 0.4) is 0 Å². The van der Waals surface area contributed by atoms with Crippen LogP contribution in [-0.2, 0) is 4.79 Å². The van der Waals surface area contributed by atoms with Crippen LogP contribution in [0.25, 0.3) is 6.08 Å². The van der Waals surface area contributed by atoms with E-state index < -0.39 is 0 Å². The Morgan fingerprint density at radius 1 is 1.00 bits per heavy atom. The lowest BCUT2D eigenvalue weighted by molar-refractivity contribution is -0.117. The molecule has 3 nitrogen and oxygen atoms in total. The third-order valence-corrected chi connectivity index (χ3v) is 4.52. The number of rotatable bonds is 4. The standard InChI is InChI=1S/C21H22O3/c1-23-19-12-11-15(14-20(19)24-2)13-17-9-6-10-18(21(17)22)16-7-4-3-5-8-16/h3-5,7-8,11-14,18H,6,9-10H2,1-2H3/b17-13+/t18-/m0/s1. The monoisotopic (exact) mass is 322 g/mol. The molecule has 0 saturated heterocycles. The van der Waals surface area contributed by atoms with E-state index >= 15 is 0 Å². The van der Waals surface area contributed by atoms with E-state index in [-0.39, 0.29) is 11.7 Å². The van der Waals surface area contributed by atoms with E-state index in [0.29, 0.717) is 11.5 Å². The van der Waals surface area contributed by atoms with E-state index in [1.165, 1.54) is 0 Å². The molecular formula is C21H22O3. The Labute approximate surface area is 142 Å². The Morgan fingerprint density at radius 2 is 1.75 bits per heavy atom. The van der Waals surface area contributed by atoms with E-state index in [1.807, 2.05) is 54.6 Å². The van der Waals surface area contributed by atoms with Gasteiger partial charge in [0.25, 0.3) is 0 Å². The highest BCUT2D eigenvalue weighted by atomic mass is 16.5. The zero-order valence-corrected chi connectivity index (χ0v) is 14.1. The molecule has 0 N–H and O–H groups in total. The topological polar surface area (TPSA) is 35.5 Å². The maximum Gasteiger partial charge on any atom is 0.166 e. The Morgan fingerprint density at radius 3 is 2.46 bits per heavy atom. The van der Waals surface area contributed by atoms with Gasteiger partial charge in [-0.3, -0.25) is 4.79 Å². The second-order valence-corrected chi connectivity index (χ2v) is 6.00. The van der Waals surface area contributed by atoms with Crippen LogP contribution in [-0.4, -0.2) is 20.0 Å². The predicted octanol–water partition coefficient (Wildman–Crippen LogP) is 4.62. The largest absolute Gasteiger partial charge is 0.493 e. The first kappa shape index (κ1) is 16.3. The van der Waals surface area contributed by atoms with Crippen molar-refractivity contribution in [3.63, 3.8) is 0 Å². The highest BCUT2D eigenvalue weighted by Crippen LogP contribution is 2.35. The van der Waals surface area contributed by atoms with Gasteiger partial charge in [-0.05, 0) is 54.2 Å². The van der Waals surface area contributed by atoms with Crippen LogP contribution in [0.4, 0.5) is 0 Å². The summed E-state index contributed by atoms with van der Waals surface area (Å²) in [5.74, 6) is 1.58. The molecule has 1 aliphatic rings. The summed E-state index contributed by atoms with van der Waals surface area (Å²) in [5.41, 5.74) is 2.97. The number of allylic oxidation sites excluding steroid dienone is 1. The molecule has 124 valence electrons. The smallest absolute Gasteiger partial charge is 0.166 e. The van der Waals surface area contributed by atoms with Crippen molar-refractivity contribution in [3.8, 4) is 11.5 Å². The molecule has 1 atom stereocenters. The summed E-state index contributed by atoms with van der Waals surface area (Å²) in [6.07, 6.45) is 4.77. The zero-order chi connectivity index (χ0) is 16.9. The third-order valence-electron chi connectivity index (χ3n) is 4.52. The molecule has 2 aromatic rings. The van der Waals surface area contributed by atoms with Gasteiger partial charge in [0, 0.05) is 5.92 Å².